The number of aromatic hydroxyl groups is 1. The van der Waals surface area contributed by atoms with Gasteiger partial charge in [0, 0.05) is 12.2 Å². The second-order valence-electron chi connectivity index (χ2n) is 4.96. The number of aliphatic imine (C=N–C) groups is 1. The van der Waals surface area contributed by atoms with Crippen molar-refractivity contribution in [2.45, 2.75) is 6.42 Å². The Labute approximate surface area is 137 Å². The minimum atomic E-state index is -0.661. The van der Waals surface area contributed by atoms with Gasteiger partial charge in [0.15, 0.2) is 10.9 Å². The molecule has 1 aromatic rings. The molecule has 120 valence electrons. The van der Waals surface area contributed by atoms with Crippen LogP contribution in [-0.2, 0) is 9.53 Å². The van der Waals surface area contributed by atoms with E-state index >= 15 is 0 Å². The molecule has 0 aliphatic carbocycles. The van der Waals surface area contributed by atoms with E-state index in [0.29, 0.717) is 0 Å². The van der Waals surface area contributed by atoms with Crippen LogP contribution in [0.4, 0.5) is 5.69 Å². The third kappa shape index (κ3) is 3.02. The number of esters is 1. The summed E-state index contributed by atoms with van der Waals surface area (Å²) in [6.07, 6.45) is 0.175. The lowest BCUT2D eigenvalue weighted by atomic mass is 10.1. The molecule has 0 radical (unpaired) electrons. The Hall–Kier alpha value is -2.48. The molecule has 2 N–H and O–H groups in total. The molecular formula is C15H15N3O4S. The van der Waals surface area contributed by atoms with Gasteiger partial charge in [-0.3, -0.25) is 9.79 Å². The quantitative estimate of drug-likeness (QED) is 0.644. The Morgan fingerprint density at radius 2 is 2.30 bits per heavy atom. The summed E-state index contributed by atoms with van der Waals surface area (Å²) >= 11 is 1.51. The maximum atomic E-state index is 12.2. The predicted molar refractivity (Wildman–Crippen MR) is 87.4 cm³/mol. The molecule has 7 nitrogen and oxygen atoms in total. The number of methoxy groups -OCH3 is 1. The number of nitrogens with zero attached hydrogens (tertiary/aromatic N) is 2. The Bertz CT molecular complexity index is 729. The van der Waals surface area contributed by atoms with Gasteiger partial charge in [-0.05, 0) is 17.5 Å². The van der Waals surface area contributed by atoms with E-state index in [1.54, 1.807) is 6.07 Å². The molecule has 0 fully saturated rings. The first-order valence-corrected chi connectivity index (χ1v) is 7.86. The van der Waals surface area contributed by atoms with Crippen LogP contribution in [0.1, 0.15) is 16.8 Å². The van der Waals surface area contributed by atoms with Crippen LogP contribution in [0, 0.1) is 0 Å². The van der Waals surface area contributed by atoms with Gasteiger partial charge in [-0.2, -0.15) is 0 Å². The van der Waals surface area contributed by atoms with Crippen molar-refractivity contribution in [2.75, 3.05) is 25.5 Å². The van der Waals surface area contributed by atoms with Crippen molar-refractivity contribution >= 4 is 34.5 Å². The number of thioether (sulfide) groups is 1. The summed E-state index contributed by atoms with van der Waals surface area (Å²) in [5.74, 6) is -1.24. The number of amides is 1. The number of ether oxygens (including phenoxy) is 1. The molecule has 2 aliphatic heterocycles. The Morgan fingerprint density at radius 3 is 3.09 bits per heavy atom. The predicted octanol–water partition coefficient (Wildman–Crippen LogP) is 1.77. The van der Waals surface area contributed by atoms with E-state index < -0.39 is 5.97 Å². The molecule has 0 bridgehead atoms. The van der Waals surface area contributed by atoms with E-state index in [2.05, 4.69) is 15.0 Å². The van der Waals surface area contributed by atoms with E-state index in [0.717, 1.165) is 24.0 Å². The van der Waals surface area contributed by atoms with Gasteiger partial charge in [0.1, 0.15) is 5.56 Å². The lowest BCUT2D eigenvalue weighted by Gasteiger charge is -2.16. The number of anilines is 1. The number of phenolic OH excluding ortho intramolecular Hbond substituents is 1. The molecule has 0 unspecified atom stereocenters. The van der Waals surface area contributed by atoms with E-state index in [9.17, 15) is 14.7 Å². The van der Waals surface area contributed by atoms with Crippen LogP contribution in [0.5, 0.6) is 5.75 Å². The maximum Gasteiger partial charge on any atom is 0.341 e. The molecule has 0 atom stereocenters. The van der Waals surface area contributed by atoms with Crippen molar-refractivity contribution in [3.8, 4) is 5.75 Å². The monoisotopic (exact) mass is 333 g/mol. The van der Waals surface area contributed by atoms with Crippen molar-refractivity contribution in [1.82, 2.24) is 4.90 Å². The molecule has 3 rings (SSSR count). The van der Waals surface area contributed by atoms with E-state index in [1.165, 1.54) is 31.0 Å². The van der Waals surface area contributed by atoms with E-state index in [4.69, 9.17) is 0 Å². The second-order valence-corrected chi connectivity index (χ2v) is 5.80. The van der Waals surface area contributed by atoms with Crippen molar-refractivity contribution in [1.29, 1.82) is 0 Å². The number of nitrogens with one attached hydrogen (secondary N) is 1. The summed E-state index contributed by atoms with van der Waals surface area (Å²) in [4.78, 5) is 30.1. The zero-order valence-electron chi connectivity index (χ0n) is 12.4. The van der Waals surface area contributed by atoms with Gasteiger partial charge in [-0.1, -0.05) is 17.8 Å². The van der Waals surface area contributed by atoms with Crippen LogP contribution >= 0.6 is 11.8 Å². The highest BCUT2D eigenvalue weighted by atomic mass is 32.2. The first-order valence-electron chi connectivity index (χ1n) is 6.98. The molecule has 0 aromatic heterocycles. The van der Waals surface area contributed by atoms with Crippen LogP contribution < -0.4 is 5.32 Å². The number of amidine groups is 1. The summed E-state index contributed by atoms with van der Waals surface area (Å²) in [6, 6.07) is 4.53. The second kappa shape index (κ2) is 6.33. The minimum Gasteiger partial charge on any atom is -0.505 e. The third-order valence-corrected chi connectivity index (χ3v) is 4.46. The SMILES string of the molecule is COC(=O)c1cccc(NC(=O)CC2=CSC3=NCCN23)c1O. The number of carbonyl (C=O) groups excluding carboxylic acids is 2. The largest absolute Gasteiger partial charge is 0.505 e. The zero-order valence-corrected chi connectivity index (χ0v) is 13.2. The fourth-order valence-electron chi connectivity index (χ4n) is 2.39. The summed E-state index contributed by atoms with van der Waals surface area (Å²) in [5.41, 5.74) is 1.07. The van der Waals surface area contributed by atoms with Crippen LogP contribution in [0.25, 0.3) is 0 Å². The number of fused-ring (bicyclic) bond motifs is 1. The van der Waals surface area contributed by atoms with Crippen LogP contribution in [0.3, 0.4) is 0 Å². The van der Waals surface area contributed by atoms with Gasteiger partial charge < -0.3 is 20.1 Å². The highest BCUT2D eigenvalue weighted by molar-refractivity contribution is 8.16. The smallest absolute Gasteiger partial charge is 0.341 e. The fourth-order valence-corrected chi connectivity index (χ4v) is 3.35. The van der Waals surface area contributed by atoms with Crippen molar-refractivity contribution < 1.29 is 19.4 Å². The third-order valence-electron chi connectivity index (χ3n) is 3.51. The minimum absolute atomic E-state index is 0.00917. The van der Waals surface area contributed by atoms with Gasteiger partial charge in [0.05, 0.1) is 25.8 Å². The van der Waals surface area contributed by atoms with Gasteiger partial charge in [0.2, 0.25) is 5.91 Å². The Balaban J connectivity index is 1.69. The number of benzene rings is 1. The molecule has 0 saturated heterocycles. The number of rotatable bonds is 4. The summed E-state index contributed by atoms with van der Waals surface area (Å²) in [5, 5.41) is 15.5. The topological polar surface area (TPSA) is 91.2 Å². The molecule has 1 amide bonds. The lowest BCUT2D eigenvalue weighted by molar-refractivity contribution is -0.115. The highest BCUT2D eigenvalue weighted by Crippen LogP contribution is 2.32. The van der Waals surface area contributed by atoms with E-state index in [1.807, 2.05) is 10.3 Å². The molecular weight excluding hydrogens is 318 g/mol. The first-order chi connectivity index (χ1) is 11.1. The average molecular weight is 333 g/mol. The first kappa shape index (κ1) is 15.4. The normalized spacial score (nSPS) is 15.8. The van der Waals surface area contributed by atoms with Crippen LogP contribution in [-0.4, -0.2) is 47.2 Å². The van der Waals surface area contributed by atoms with Crippen molar-refractivity contribution in [3.63, 3.8) is 0 Å². The van der Waals surface area contributed by atoms with Gasteiger partial charge in [-0.25, -0.2) is 4.79 Å². The molecule has 0 saturated carbocycles. The standard InChI is InChI=1S/C15H15N3O4S/c1-22-14(21)10-3-2-4-11(13(10)20)17-12(19)7-9-8-23-15-16-5-6-18(9)15/h2-4,8,20H,5-7H2,1H3,(H,17,19). The number of hydrogen-bond acceptors (Lipinski definition) is 7. The van der Waals surface area contributed by atoms with Crippen LogP contribution in [0.2, 0.25) is 0 Å². The molecule has 2 heterocycles. The molecule has 23 heavy (non-hydrogen) atoms. The van der Waals surface area contributed by atoms with Gasteiger partial charge in [-0.15, -0.1) is 0 Å². The molecule has 8 heteroatoms. The van der Waals surface area contributed by atoms with E-state index in [-0.39, 0.29) is 29.3 Å². The highest BCUT2D eigenvalue weighted by Gasteiger charge is 2.27. The molecule has 1 aromatic carbocycles. The number of para-hydroxylation sites is 1. The molecule has 2 aliphatic rings. The number of hydrogen-bond donors (Lipinski definition) is 2. The summed E-state index contributed by atoms with van der Waals surface area (Å²) in [7, 11) is 1.23. The molecule has 0 spiro atoms. The lowest BCUT2D eigenvalue weighted by Crippen LogP contribution is -2.24. The van der Waals surface area contributed by atoms with Gasteiger partial charge >= 0.3 is 5.97 Å². The van der Waals surface area contributed by atoms with Crippen molar-refractivity contribution in [3.05, 3.63) is 34.9 Å². The summed E-state index contributed by atoms with van der Waals surface area (Å²) in [6.45, 7) is 1.52. The van der Waals surface area contributed by atoms with Gasteiger partial charge in [0.25, 0.3) is 0 Å². The number of carbonyl (C=O) groups is 2. The maximum absolute atomic E-state index is 12.2. The van der Waals surface area contributed by atoms with Crippen molar-refractivity contribution in [2.24, 2.45) is 4.99 Å². The Kier molecular flexibility index (Phi) is 4.24. The number of phenols is 1. The zero-order chi connectivity index (χ0) is 16.4. The van der Waals surface area contributed by atoms with Crippen LogP contribution in [0.15, 0.2) is 34.3 Å². The summed E-state index contributed by atoms with van der Waals surface area (Å²) < 4.78 is 4.59. The Morgan fingerprint density at radius 1 is 1.48 bits per heavy atom. The fraction of sp³-hybridized carbons (Fsp3) is 0.267. The average Bonchev–Trinajstić information content (AvgIpc) is 3.14.